The summed E-state index contributed by atoms with van der Waals surface area (Å²) in [5.41, 5.74) is 6.07. The number of likely N-dealkylation sites (tertiary alicyclic amines) is 1. The lowest BCUT2D eigenvalue weighted by Crippen LogP contribution is -2.29. The monoisotopic (exact) mass is 472 g/mol. The van der Waals surface area contributed by atoms with Crippen molar-refractivity contribution in [1.82, 2.24) is 10.2 Å². The van der Waals surface area contributed by atoms with Crippen LogP contribution in [0.1, 0.15) is 47.1 Å². The molecule has 1 N–H and O–H groups in total. The number of carbonyl (C=O) groups excluding carboxylic acids is 1. The maximum Gasteiger partial charge on any atom is 0.223 e. The van der Waals surface area contributed by atoms with Crippen LogP contribution in [0, 0.1) is 0 Å². The van der Waals surface area contributed by atoms with Crippen molar-refractivity contribution in [3.8, 4) is 0 Å². The lowest BCUT2D eigenvalue weighted by molar-refractivity contribution is -0.130. The van der Waals surface area contributed by atoms with Gasteiger partial charge in [-0.15, -0.1) is 0 Å². The van der Waals surface area contributed by atoms with Gasteiger partial charge in [0.05, 0.1) is 6.04 Å². The number of nitrogens with zero attached hydrogens (tertiary/aromatic N) is 1. The summed E-state index contributed by atoms with van der Waals surface area (Å²) in [6.45, 7) is 1.45. The van der Waals surface area contributed by atoms with Gasteiger partial charge in [0.15, 0.2) is 0 Å². The first kappa shape index (κ1) is 23.6. The average molecular weight is 473 g/mol. The highest BCUT2D eigenvalue weighted by atomic mass is 16.2. The molecular weight excluding hydrogens is 440 g/mol. The summed E-state index contributed by atoms with van der Waals surface area (Å²) in [5.74, 6) is 0.269. The Morgan fingerprint density at radius 2 is 1.14 bits per heavy atom. The van der Waals surface area contributed by atoms with Gasteiger partial charge in [0.2, 0.25) is 5.91 Å². The Hall–Kier alpha value is -4.11. The summed E-state index contributed by atoms with van der Waals surface area (Å²) in [7, 11) is 0. The number of amides is 1. The van der Waals surface area contributed by atoms with Crippen molar-refractivity contribution in [3.05, 3.63) is 155 Å². The van der Waals surface area contributed by atoms with Crippen LogP contribution in [-0.2, 0) is 4.79 Å². The summed E-state index contributed by atoms with van der Waals surface area (Å²) in [5, 5.41) is 3.65. The number of hydrogen-bond donors (Lipinski definition) is 1. The Morgan fingerprint density at radius 1 is 0.694 bits per heavy atom. The van der Waals surface area contributed by atoms with Crippen molar-refractivity contribution < 1.29 is 4.79 Å². The minimum Gasteiger partial charge on any atom is -0.380 e. The smallest absolute Gasteiger partial charge is 0.223 e. The van der Waals surface area contributed by atoms with Gasteiger partial charge in [0.25, 0.3) is 0 Å². The molecule has 5 rings (SSSR count). The van der Waals surface area contributed by atoms with E-state index in [1.54, 1.807) is 0 Å². The van der Waals surface area contributed by atoms with E-state index in [2.05, 4.69) is 84.3 Å². The zero-order valence-corrected chi connectivity index (χ0v) is 20.5. The van der Waals surface area contributed by atoms with Crippen LogP contribution < -0.4 is 5.32 Å². The normalized spacial score (nSPS) is 14.5. The van der Waals surface area contributed by atoms with Gasteiger partial charge in [0, 0.05) is 25.4 Å². The third-order valence-electron chi connectivity index (χ3n) is 6.95. The van der Waals surface area contributed by atoms with Gasteiger partial charge < -0.3 is 10.2 Å². The second-order valence-corrected chi connectivity index (χ2v) is 9.37. The first-order valence-corrected chi connectivity index (χ1v) is 12.7. The van der Waals surface area contributed by atoms with Crippen molar-refractivity contribution >= 4 is 5.91 Å². The third-order valence-corrected chi connectivity index (χ3v) is 6.95. The molecular formula is C33H32N2O. The fourth-order valence-electron chi connectivity index (χ4n) is 4.99. The molecule has 3 nitrogen and oxygen atoms in total. The quantitative estimate of drug-likeness (QED) is 0.309. The molecule has 3 heteroatoms. The first-order chi connectivity index (χ1) is 17.8. The predicted molar refractivity (Wildman–Crippen MR) is 146 cm³/mol. The maximum absolute atomic E-state index is 13.4. The zero-order valence-electron chi connectivity index (χ0n) is 20.5. The molecule has 1 amide bonds. The van der Waals surface area contributed by atoms with Gasteiger partial charge in [-0.3, -0.25) is 4.79 Å². The van der Waals surface area contributed by atoms with Gasteiger partial charge in [0.1, 0.15) is 0 Å². The van der Waals surface area contributed by atoms with E-state index in [0.717, 1.165) is 13.0 Å². The van der Waals surface area contributed by atoms with E-state index >= 15 is 0 Å². The van der Waals surface area contributed by atoms with Crippen molar-refractivity contribution in [3.63, 3.8) is 0 Å². The molecule has 0 aliphatic carbocycles. The Morgan fingerprint density at radius 3 is 1.61 bits per heavy atom. The van der Waals surface area contributed by atoms with Gasteiger partial charge in [-0.25, -0.2) is 0 Å². The van der Waals surface area contributed by atoms with E-state index in [0.29, 0.717) is 13.0 Å². The maximum atomic E-state index is 13.4. The highest BCUT2D eigenvalue weighted by Crippen LogP contribution is 2.30. The van der Waals surface area contributed by atoms with Crippen molar-refractivity contribution in [1.29, 1.82) is 0 Å². The van der Waals surface area contributed by atoms with E-state index in [4.69, 9.17) is 0 Å². The molecule has 0 radical (unpaired) electrons. The van der Waals surface area contributed by atoms with Crippen LogP contribution >= 0.6 is 0 Å². The number of rotatable bonds is 8. The van der Waals surface area contributed by atoms with Crippen LogP contribution in [0.4, 0.5) is 0 Å². The molecule has 0 bridgehead atoms. The minimum atomic E-state index is 0.0617. The molecule has 0 spiro atoms. The highest BCUT2D eigenvalue weighted by Gasteiger charge is 2.26. The summed E-state index contributed by atoms with van der Waals surface area (Å²) in [6, 6.07) is 41.8. The molecule has 0 aromatic heterocycles. The molecule has 4 aromatic carbocycles. The Bertz CT molecular complexity index is 1190. The summed E-state index contributed by atoms with van der Waals surface area (Å²) >= 11 is 0. The average Bonchev–Trinajstić information content (AvgIpc) is 3.43. The number of nitrogens with one attached hydrogen (secondary N) is 1. The molecule has 36 heavy (non-hydrogen) atoms. The molecule has 0 saturated carbocycles. The lowest BCUT2D eigenvalue weighted by Gasteiger charge is -2.22. The van der Waals surface area contributed by atoms with E-state index in [9.17, 15) is 4.79 Å². The van der Waals surface area contributed by atoms with Gasteiger partial charge in [-0.1, -0.05) is 121 Å². The Balaban J connectivity index is 1.28. The predicted octanol–water partition coefficient (Wildman–Crippen LogP) is 6.70. The first-order valence-electron chi connectivity index (χ1n) is 12.7. The van der Waals surface area contributed by atoms with Crippen LogP contribution in [0.25, 0.3) is 0 Å². The SMILES string of the molecule is O=C(CC(c1ccccc1)c1ccccc1)N1CC/C(=C/NC(c2ccccc2)c2ccccc2)C1. The second kappa shape index (κ2) is 11.5. The largest absolute Gasteiger partial charge is 0.380 e. The van der Waals surface area contributed by atoms with Crippen LogP contribution in [0.2, 0.25) is 0 Å². The third kappa shape index (κ3) is 5.75. The molecule has 1 aliphatic rings. The van der Waals surface area contributed by atoms with E-state index < -0.39 is 0 Å². The molecule has 1 saturated heterocycles. The lowest BCUT2D eigenvalue weighted by atomic mass is 9.88. The highest BCUT2D eigenvalue weighted by molar-refractivity contribution is 5.78. The number of benzene rings is 4. The van der Waals surface area contributed by atoms with Crippen molar-refractivity contribution in [2.75, 3.05) is 13.1 Å². The molecule has 0 atom stereocenters. The fraction of sp³-hybridized carbons (Fsp3) is 0.182. The van der Waals surface area contributed by atoms with Crippen LogP contribution in [0.3, 0.4) is 0 Å². The summed E-state index contributed by atoms with van der Waals surface area (Å²) in [4.78, 5) is 15.4. The van der Waals surface area contributed by atoms with E-state index in [-0.39, 0.29) is 17.9 Å². The van der Waals surface area contributed by atoms with Crippen LogP contribution in [-0.4, -0.2) is 23.9 Å². The number of hydrogen-bond acceptors (Lipinski definition) is 2. The Labute approximate surface area is 214 Å². The molecule has 0 unspecified atom stereocenters. The summed E-state index contributed by atoms with van der Waals surface area (Å²) in [6.07, 6.45) is 3.51. The molecule has 180 valence electrons. The topological polar surface area (TPSA) is 32.3 Å². The molecule has 1 aliphatic heterocycles. The van der Waals surface area contributed by atoms with Crippen LogP contribution in [0.15, 0.2) is 133 Å². The molecule has 4 aromatic rings. The minimum absolute atomic E-state index is 0.0617. The van der Waals surface area contributed by atoms with E-state index in [1.807, 2.05) is 53.4 Å². The summed E-state index contributed by atoms with van der Waals surface area (Å²) < 4.78 is 0. The van der Waals surface area contributed by atoms with Gasteiger partial charge >= 0.3 is 0 Å². The van der Waals surface area contributed by atoms with E-state index in [1.165, 1.54) is 27.8 Å². The van der Waals surface area contributed by atoms with Gasteiger partial charge in [-0.2, -0.15) is 0 Å². The van der Waals surface area contributed by atoms with Crippen molar-refractivity contribution in [2.45, 2.75) is 24.8 Å². The number of carbonyl (C=O) groups is 1. The zero-order chi connectivity index (χ0) is 24.6. The van der Waals surface area contributed by atoms with Gasteiger partial charge in [-0.05, 0) is 40.4 Å². The molecule has 1 fully saturated rings. The fourth-order valence-corrected chi connectivity index (χ4v) is 4.99. The second-order valence-electron chi connectivity index (χ2n) is 9.37. The molecule has 1 heterocycles. The van der Waals surface area contributed by atoms with Crippen molar-refractivity contribution in [2.24, 2.45) is 0 Å². The standard InChI is InChI=1S/C33H32N2O/c36-32(23-31(27-13-5-1-6-14-27)28-15-7-2-8-16-28)35-22-21-26(25-35)24-34-33(29-17-9-3-10-18-29)30-19-11-4-12-20-30/h1-20,24,31,33-34H,21-23,25H2/b26-24-. The van der Waals surface area contributed by atoms with Crippen LogP contribution in [0.5, 0.6) is 0 Å². The Kier molecular flexibility index (Phi) is 7.58.